The lowest BCUT2D eigenvalue weighted by Crippen LogP contribution is -2.32. The van der Waals surface area contributed by atoms with E-state index in [0.29, 0.717) is 18.7 Å². The molecule has 0 aromatic heterocycles. The smallest absolute Gasteiger partial charge is 0.227 e. The number of carbonyl (C=O) groups excluding carboxylic acids is 2. The summed E-state index contributed by atoms with van der Waals surface area (Å²) in [6.07, 6.45) is 1.17. The number of rotatable bonds is 5. The molecule has 1 aliphatic rings. The van der Waals surface area contributed by atoms with Crippen molar-refractivity contribution in [2.45, 2.75) is 26.3 Å². The number of nitrogens with zero attached hydrogens (tertiary/aromatic N) is 2. The van der Waals surface area contributed by atoms with Crippen molar-refractivity contribution in [2.75, 3.05) is 11.4 Å². The average molecular weight is 347 g/mol. The summed E-state index contributed by atoms with van der Waals surface area (Å²) >= 11 is 0. The zero-order valence-corrected chi connectivity index (χ0v) is 14.7. The van der Waals surface area contributed by atoms with Crippen LogP contribution in [0.3, 0.4) is 0 Å². The molecule has 5 nitrogen and oxygen atoms in total. The molecule has 0 bridgehead atoms. The molecular formula is C21H21N3O2. The average Bonchev–Trinajstić information content (AvgIpc) is 3.08. The first-order chi connectivity index (χ1) is 12.6. The van der Waals surface area contributed by atoms with Crippen LogP contribution in [0, 0.1) is 17.2 Å². The summed E-state index contributed by atoms with van der Waals surface area (Å²) in [4.78, 5) is 26.4. The first kappa shape index (κ1) is 17.7. The van der Waals surface area contributed by atoms with Gasteiger partial charge in [0.2, 0.25) is 11.8 Å². The highest BCUT2D eigenvalue weighted by atomic mass is 16.2. The Bertz CT molecular complexity index is 852. The molecule has 132 valence electrons. The molecule has 1 fully saturated rings. The molecule has 0 saturated carbocycles. The van der Waals surface area contributed by atoms with Gasteiger partial charge in [-0.3, -0.25) is 9.59 Å². The Morgan fingerprint density at radius 1 is 1.23 bits per heavy atom. The van der Waals surface area contributed by atoms with E-state index >= 15 is 0 Å². The van der Waals surface area contributed by atoms with Gasteiger partial charge in [0, 0.05) is 25.2 Å². The summed E-state index contributed by atoms with van der Waals surface area (Å²) in [6.45, 7) is 2.83. The van der Waals surface area contributed by atoms with Crippen molar-refractivity contribution in [3.8, 4) is 6.07 Å². The van der Waals surface area contributed by atoms with E-state index in [1.807, 2.05) is 30.3 Å². The van der Waals surface area contributed by atoms with Gasteiger partial charge >= 0.3 is 0 Å². The summed E-state index contributed by atoms with van der Waals surface area (Å²) in [5.74, 6) is -0.512. The predicted molar refractivity (Wildman–Crippen MR) is 99.3 cm³/mol. The molecule has 1 saturated heterocycles. The van der Waals surface area contributed by atoms with E-state index < -0.39 is 0 Å². The Morgan fingerprint density at radius 2 is 2.00 bits per heavy atom. The quantitative estimate of drug-likeness (QED) is 0.904. The molecule has 1 atom stereocenters. The number of aryl methyl sites for hydroxylation is 1. The predicted octanol–water partition coefficient (Wildman–Crippen LogP) is 2.79. The highest BCUT2D eigenvalue weighted by Gasteiger charge is 2.34. The maximum atomic E-state index is 12.4. The van der Waals surface area contributed by atoms with Crippen molar-refractivity contribution < 1.29 is 9.59 Å². The van der Waals surface area contributed by atoms with E-state index in [1.165, 1.54) is 5.56 Å². The maximum Gasteiger partial charge on any atom is 0.227 e. The fourth-order valence-corrected chi connectivity index (χ4v) is 3.13. The molecule has 5 heteroatoms. The number of nitrogens with one attached hydrogen (secondary N) is 1. The first-order valence-electron chi connectivity index (χ1n) is 8.76. The van der Waals surface area contributed by atoms with Gasteiger partial charge < -0.3 is 10.2 Å². The van der Waals surface area contributed by atoms with Crippen LogP contribution >= 0.6 is 0 Å². The molecule has 2 amide bonds. The third-order valence-corrected chi connectivity index (χ3v) is 4.67. The van der Waals surface area contributed by atoms with Gasteiger partial charge in [-0.15, -0.1) is 0 Å². The van der Waals surface area contributed by atoms with Gasteiger partial charge in [-0.25, -0.2) is 0 Å². The summed E-state index contributed by atoms with van der Waals surface area (Å²) in [6, 6.07) is 17.1. The third kappa shape index (κ3) is 3.92. The molecule has 3 rings (SSSR count). The normalized spacial score (nSPS) is 16.4. The van der Waals surface area contributed by atoms with Crippen LogP contribution in [0.2, 0.25) is 0 Å². The highest BCUT2D eigenvalue weighted by molar-refractivity contribution is 6.00. The largest absolute Gasteiger partial charge is 0.352 e. The first-order valence-corrected chi connectivity index (χ1v) is 8.76. The Kier molecular flexibility index (Phi) is 5.33. The lowest BCUT2D eigenvalue weighted by molar-refractivity contribution is -0.126. The lowest BCUT2D eigenvalue weighted by atomic mass is 10.1. The van der Waals surface area contributed by atoms with Crippen LogP contribution in [0.4, 0.5) is 5.69 Å². The molecule has 2 aromatic rings. The number of carbonyl (C=O) groups is 2. The molecule has 0 aliphatic carbocycles. The molecule has 26 heavy (non-hydrogen) atoms. The second-order valence-corrected chi connectivity index (χ2v) is 6.46. The summed E-state index contributed by atoms with van der Waals surface area (Å²) in [5.41, 5.74) is 3.49. The van der Waals surface area contributed by atoms with Crippen molar-refractivity contribution in [1.29, 1.82) is 5.26 Å². The molecule has 1 unspecified atom stereocenters. The van der Waals surface area contributed by atoms with Crippen LogP contribution in [-0.2, 0) is 22.6 Å². The van der Waals surface area contributed by atoms with E-state index in [-0.39, 0.29) is 24.2 Å². The van der Waals surface area contributed by atoms with Crippen LogP contribution in [0.25, 0.3) is 0 Å². The van der Waals surface area contributed by atoms with Gasteiger partial charge in [-0.1, -0.05) is 31.2 Å². The Hall–Kier alpha value is -3.13. The number of hydrogen-bond donors (Lipinski definition) is 1. The molecular weight excluding hydrogens is 326 g/mol. The Morgan fingerprint density at radius 3 is 2.69 bits per heavy atom. The van der Waals surface area contributed by atoms with Gasteiger partial charge in [0.15, 0.2) is 0 Å². The monoisotopic (exact) mass is 347 g/mol. The van der Waals surface area contributed by atoms with Crippen LogP contribution in [0.1, 0.15) is 30.0 Å². The second-order valence-electron chi connectivity index (χ2n) is 6.46. The summed E-state index contributed by atoms with van der Waals surface area (Å²) < 4.78 is 0. The molecule has 0 spiro atoms. The van der Waals surface area contributed by atoms with Gasteiger partial charge in [0.1, 0.15) is 0 Å². The van der Waals surface area contributed by atoms with Gasteiger partial charge in [-0.05, 0) is 41.8 Å². The minimum Gasteiger partial charge on any atom is -0.352 e. The standard InChI is InChI=1S/C21H21N3O2/c1-2-15-6-8-19(9-7-15)24-14-18(11-20(24)25)21(26)23-13-17-5-3-4-16(10-17)12-22/h3-10,18H,2,11,13-14H2,1H3,(H,23,26). The van der Waals surface area contributed by atoms with Gasteiger partial charge in [-0.2, -0.15) is 5.26 Å². The highest BCUT2D eigenvalue weighted by Crippen LogP contribution is 2.25. The van der Waals surface area contributed by atoms with E-state index in [0.717, 1.165) is 17.7 Å². The Balaban J connectivity index is 1.60. The van der Waals surface area contributed by atoms with Crippen molar-refractivity contribution in [2.24, 2.45) is 5.92 Å². The fourth-order valence-electron chi connectivity index (χ4n) is 3.13. The zero-order valence-electron chi connectivity index (χ0n) is 14.7. The van der Waals surface area contributed by atoms with Crippen molar-refractivity contribution in [1.82, 2.24) is 5.32 Å². The minimum absolute atomic E-state index is 0.0270. The van der Waals surface area contributed by atoms with Crippen LogP contribution in [0.15, 0.2) is 48.5 Å². The van der Waals surface area contributed by atoms with E-state index in [4.69, 9.17) is 5.26 Å². The van der Waals surface area contributed by atoms with Crippen molar-refractivity contribution >= 4 is 17.5 Å². The van der Waals surface area contributed by atoms with E-state index in [9.17, 15) is 9.59 Å². The van der Waals surface area contributed by atoms with Crippen LogP contribution < -0.4 is 10.2 Å². The molecule has 0 radical (unpaired) electrons. The SMILES string of the molecule is CCc1ccc(N2CC(C(=O)NCc3cccc(C#N)c3)CC2=O)cc1. The number of nitriles is 1. The molecule has 1 aliphatic heterocycles. The minimum atomic E-state index is -0.354. The van der Waals surface area contributed by atoms with Gasteiger partial charge in [0.25, 0.3) is 0 Å². The topological polar surface area (TPSA) is 73.2 Å². The summed E-state index contributed by atoms with van der Waals surface area (Å²) in [5, 5.41) is 11.8. The number of anilines is 1. The maximum absolute atomic E-state index is 12.4. The Labute approximate surface area is 153 Å². The van der Waals surface area contributed by atoms with Gasteiger partial charge in [0.05, 0.1) is 17.6 Å². The number of benzene rings is 2. The fraction of sp³-hybridized carbons (Fsp3) is 0.286. The molecule has 2 aromatic carbocycles. The van der Waals surface area contributed by atoms with E-state index in [1.54, 1.807) is 23.1 Å². The second kappa shape index (κ2) is 7.83. The van der Waals surface area contributed by atoms with Crippen molar-refractivity contribution in [3.63, 3.8) is 0 Å². The summed E-state index contributed by atoms with van der Waals surface area (Å²) in [7, 11) is 0. The van der Waals surface area contributed by atoms with Crippen LogP contribution in [0.5, 0.6) is 0 Å². The number of hydrogen-bond acceptors (Lipinski definition) is 3. The van der Waals surface area contributed by atoms with Crippen LogP contribution in [-0.4, -0.2) is 18.4 Å². The van der Waals surface area contributed by atoms with Crippen molar-refractivity contribution in [3.05, 3.63) is 65.2 Å². The lowest BCUT2D eigenvalue weighted by Gasteiger charge is -2.17. The number of amides is 2. The van der Waals surface area contributed by atoms with E-state index in [2.05, 4.69) is 18.3 Å². The molecule has 1 N–H and O–H groups in total. The third-order valence-electron chi connectivity index (χ3n) is 4.67. The molecule has 1 heterocycles. The zero-order chi connectivity index (χ0) is 18.5.